The van der Waals surface area contributed by atoms with Crippen molar-refractivity contribution in [3.63, 3.8) is 0 Å². The van der Waals surface area contributed by atoms with Crippen LogP contribution in [0, 0.1) is 5.92 Å². The van der Waals surface area contributed by atoms with Gasteiger partial charge in [0.15, 0.2) is 5.13 Å². The van der Waals surface area contributed by atoms with E-state index in [2.05, 4.69) is 10.3 Å². The maximum absolute atomic E-state index is 12.3. The van der Waals surface area contributed by atoms with Gasteiger partial charge < -0.3 is 21.7 Å². The molecule has 100 valence electrons. The maximum atomic E-state index is 12.3. The molecular formula is C11H19N5OS. The Morgan fingerprint density at radius 2 is 2.44 bits per heavy atom. The SMILES string of the molecule is CCNc1nc(N)c(C(=O)N2CCC(CN)C2)s1. The molecule has 1 aliphatic rings. The van der Waals surface area contributed by atoms with Crippen LogP contribution in [0.15, 0.2) is 0 Å². The number of likely N-dealkylation sites (tertiary alicyclic amines) is 1. The first-order valence-corrected chi connectivity index (χ1v) is 6.96. The van der Waals surface area contributed by atoms with E-state index in [-0.39, 0.29) is 5.91 Å². The summed E-state index contributed by atoms with van der Waals surface area (Å²) in [6.45, 7) is 4.85. The van der Waals surface area contributed by atoms with Gasteiger partial charge in [0.05, 0.1) is 0 Å². The first kappa shape index (κ1) is 13.1. The lowest BCUT2D eigenvalue weighted by atomic mass is 10.1. The van der Waals surface area contributed by atoms with Crippen molar-refractivity contribution in [1.82, 2.24) is 9.88 Å². The van der Waals surface area contributed by atoms with E-state index in [0.717, 1.165) is 26.1 Å². The van der Waals surface area contributed by atoms with Crippen molar-refractivity contribution in [3.8, 4) is 0 Å². The van der Waals surface area contributed by atoms with Crippen LogP contribution in [-0.4, -0.2) is 42.0 Å². The number of nitrogens with zero attached hydrogens (tertiary/aromatic N) is 2. The molecule has 0 spiro atoms. The van der Waals surface area contributed by atoms with Crippen molar-refractivity contribution in [1.29, 1.82) is 0 Å². The standard InChI is InChI=1S/C11H19N5OS/c1-2-14-11-15-9(13)8(18-11)10(17)16-4-3-7(5-12)6-16/h7H,2-6,12-13H2,1H3,(H,14,15). The van der Waals surface area contributed by atoms with Gasteiger partial charge in [0.1, 0.15) is 10.7 Å². The lowest BCUT2D eigenvalue weighted by Gasteiger charge is -2.15. The van der Waals surface area contributed by atoms with Crippen LogP contribution in [0.1, 0.15) is 23.0 Å². The second kappa shape index (κ2) is 5.53. The molecule has 1 atom stereocenters. The van der Waals surface area contributed by atoms with Crippen LogP contribution in [0.3, 0.4) is 0 Å². The van der Waals surface area contributed by atoms with Crippen LogP contribution in [0.2, 0.25) is 0 Å². The van der Waals surface area contributed by atoms with Gasteiger partial charge in [0.25, 0.3) is 5.91 Å². The van der Waals surface area contributed by atoms with Crippen LogP contribution < -0.4 is 16.8 Å². The minimum Gasteiger partial charge on any atom is -0.382 e. The number of hydrogen-bond donors (Lipinski definition) is 3. The molecule has 7 heteroatoms. The fourth-order valence-corrected chi connectivity index (χ4v) is 2.99. The van der Waals surface area contributed by atoms with Crippen LogP contribution in [0.4, 0.5) is 10.9 Å². The molecule has 0 aromatic carbocycles. The van der Waals surface area contributed by atoms with Gasteiger partial charge in [-0.2, -0.15) is 0 Å². The fraction of sp³-hybridized carbons (Fsp3) is 0.636. The molecule has 0 saturated carbocycles. The summed E-state index contributed by atoms with van der Waals surface area (Å²) in [5.41, 5.74) is 11.4. The molecule has 0 radical (unpaired) electrons. The molecule has 2 rings (SSSR count). The summed E-state index contributed by atoms with van der Waals surface area (Å²) >= 11 is 1.32. The molecule has 1 aromatic rings. The van der Waals surface area contributed by atoms with E-state index in [4.69, 9.17) is 11.5 Å². The Hall–Kier alpha value is -1.34. The van der Waals surface area contributed by atoms with E-state index in [1.54, 1.807) is 0 Å². The second-order valence-corrected chi connectivity index (χ2v) is 5.40. The summed E-state index contributed by atoms with van der Waals surface area (Å²) in [5, 5.41) is 3.77. The Morgan fingerprint density at radius 3 is 3.06 bits per heavy atom. The number of amides is 1. The number of hydrogen-bond acceptors (Lipinski definition) is 6. The van der Waals surface area contributed by atoms with E-state index in [0.29, 0.717) is 28.3 Å². The molecule has 6 nitrogen and oxygen atoms in total. The number of rotatable bonds is 4. The van der Waals surface area contributed by atoms with Gasteiger partial charge in [-0.3, -0.25) is 4.79 Å². The third-order valence-electron chi connectivity index (χ3n) is 3.08. The van der Waals surface area contributed by atoms with E-state index < -0.39 is 0 Å². The smallest absolute Gasteiger partial charge is 0.267 e. The molecule has 1 aliphatic heterocycles. The molecule has 1 aromatic heterocycles. The van der Waals surface area contributed by atoms with E-state index in [1.165, 1.54) is 11.3 Å². The van der Waals surface area contributed by atoms with Crippen LogP contribution in [0.5, 0.6) is 0 Å². The Kier molecular flexibility index (Phi) is 4.03. The van der Waals surface area contributed by atoms with E-state index in [1.807, 2.05) is 11.8 Å². The van der Waals surface area contributed by atoms with Crippen LogP contribution >= 0.6 is 11.3 Å². The van der Waals surface area contributed by atoms with Crippen LogP contribution in [0.25, 0.3) is 0 Å². The lowest BCUT2D eigenvalue weighted by molar-refractivity contribution is 0.0793. The number of nitrogen functional groups attached to an aromatic ring is 1. The van der Waals surface area contributed by atoms with Crippen molar-refractivity contribution in [2.24, 2.45) is 11.7 Å². The van der Waals surface area contributed by atoms with Gasteiger partial charge in [0, 0.05) is 19.6 Å². The molecule has 2 heterocycles. The zero-order chi connectivity index (χ0) is 13.1. The number of nitrogens with two attached hydrogens (primary N) is 2. The molecular weight excluding hydrogens is 250 g/mol. The fourth-order valence-electron chi connectivity index (χ4n) is 2.07. The molecule has 0 aliphatic carbocycles. The normalized spacial score (nSPS) is 19.2. The minimum atomic E-state index is -0.0231. The molecule has 5 N–H and O–H groups in total. The zero-order valence-electron chi connectivity index (χ0n) is 10.5. The van der Waals surface area contributed by atoms with Crippen molar-refractivity contribution in [2.45, 2.75) is 13.3 Å². The number of anilines is 2. The average molecular weight is 269 g/mol. The number of thiazole rings is 1. The molecule has 1 unspecified atom stereocenters. The summed E-state index contributed by atoms with van der Waals surface area (Å²) in [4.78, 5) is 18.8. The van der Waals surface area contributed by atoms with Crippen LogP contribution in [-0.2, 0) is 0 Å². The average Bonchev–Trinajstić information content (AvgIpc) is 2.95. The minimum absolute atomic E-state index is 0.0231. The zero-order valence-corrected chi connectivity index (χ0v) is 11.3. The van der Waals surface area contributed by atoms with Crippen molar-refractivity contribution >= 4 is 28.2 Å². The van der Waals surface area contributed by atoms with Crippen molar-refractivity contribution in [2.75, 3.05) is 37.2 Å². The number of carbonyl (C=O) groups excluding carboxylic acids is 1. The quantitative estimate of drug-likeness (QED) is 0.743. The van der Waals surface area contributed by atoms with Gasteiger partial charge >= 0.3 is 0 Å². The highest BCUT2D eigenvalue weighted by molar-refractivity contribution is 7.18. The number of nitrogens with one attached hydrogen (secondary N) is 1. The van der Waals surface area contributed by atoms with Crippen molar-refractivity contribution in [3.05, 3.63) is 4.88 Å². The molecule has 18 heavy (non-hydrogen) atoms. The highest BCUT2D eigenvalue weighted by Crippen LogP contribution is 2.28. The van der Waals surface area contributed by atoms with Crippen molar-refractivity contribution < 1.29 is 4.79 Å². The number of aromatic nitrogens is 1. The Morgan fingerprint density at radius 1 is 1.67 bits per heavy atom. The summed E-state index contributed by atoms with van der Waals surface area (Å²) < 4.78 is 0. The Balaban J connectivity index is 2.09. The van der Waals surface area contributed by atoms with Gasteiger partial charge in [-0.25, -0.2) is 4.98 Å². The maximum Gasteiger partial charge on any atom is 0.267 e. The first-order valence-electron chi connectivity index (χ1n) is 6.15. The van der Waals surface area contributed by atoms with Gasteiger partial charge in [-0.15, -0.1) is 0 Å². The summed E-state index contributed by atoms with van der Waals surface area (Å²) in [6.07, 6.45) is 0.973. The largest absolute Gasteiger partial charge is 0.382 e. The van der Waals surface area contributed by atoms with E-state index >= 15 is 0 Å². The number of carbonyl (C=O) groups is 1. The first-order chi connectivity index (χ1) is 8.65. The Bertz CT molecular complexity index is 433. The second-order valence-electron chi connectivity index (χ2n) is 4.41. The summed E-state index contributed by atoms with van der Waals surface area (Å²) in [6, 6.07) is 0. The third-order valence-corrected chi connectivity index (χ3v) is 4.10. The predicted molar refractivity (Wildman–Crippen MR) is 73.8 cm³/mol. The topological polar surface area (TPSA) is 97.3 Å². The third kappa shape index (κ3) is 2.56. The van der Waals surface area contributed by atoms with Gasteiger partial charge in [-0.1, -0.05) is 11.3 Å². The highest BCUT2D eigenvalue weighted by atomic mass is 32.1. The molecule has 0 bridgehead atoms. The molecule has 1 saturated heterocycles. The van der Waals surface area contributed by atoms with E-state index in [9.17, 15) is 4.79 Å². The summed E-state index contributed by atoms with van der Waals surface area (Å²) in [5.74, 6) is 0.707. The van der Waals surface area contributed by atoms with Gasteiger partial charge in [-0.05, 0) is 25.8 Å². The predicted octanol–water partition coefficient (Wildman–Crippen LogP) is 0.578. The summed E-state index contributed by atoms with van der Waals surface area (Å²) in [7, 11) is 0. The lowest BCUT2D eigenvalue weighted by Crippen LogP contribution is -2.29. The van der Waals surface area contributed by atoms with Gasteiger partial charge in [0.2, 0.25) is 0 Å². The highest BCUT2D eigenvalue weighted by Gasteiger charge is 2.28. The Labute approximate surface area is 110 Å². The molecule has 1 amide bonds. The molecule has 1 fully saturated rings. The monoisotopic (exact) mass is 269 g/mol.